The topological polar surface area (TPSA) is 48.4 Å². The van der Waals surface area contributed by atoms with Crippen molar-refractivity contribution in [3.63, 3.8) is 0 Å². The molecule has 17 heavy (non-hydrogen) atoms. The molecule has 0 atom stereocenters. The number of nitrogens with two attached hydrogens (primary N) is 1. The average molecular weight is 231 g/mol. The van der Waals surface area contributed by atoms with E-state index in [9.17, 15) is 0 Å². The molecular formula is C14H17NO2. The summed E-state index contributed by atoms with van der Waals surface area (Å²) < 4.78 is 11.1. The monoisotopic (exact) mass is 231 g/mol. The molecule has 0 aliphatic heterocycles. The molecule has 0 radical (unpaired) electrons. The van der Waals surface area contributed by atoms with Gasteiger partial charge in [0.05, 0.1) is 13.2 Å². The maximum absolute atomic E-state index is 5.58. The van der Waals surface area contributed by atoms with Crippen LogP contribution in [0.3, 0.4) is 0 Å². The zero-order chi connectivity index (χ0) is 12.1. The van der Waals surface area contributed by atoms with Crippen molar-refractivity contribution in [3.05, 3.63) is 59.0 Å². The Bertz CT molecular complexity index is 462. The molecule has 3 heteroatoms. The number of aryl methyl sites for hydroxylation is 1. The van der Waals surface area contributed by atoms with Crippen molar-refractivity contribution in [2.45, 2.75) is 26.7 Å². The molecule has 2 aromatic rings. The summed E-state index contributed by atoms with van der Waals surface area (Å²) in [6.45, 7) is 3.51. The van der Waals surface area contributed by atoms with Crippen LogP contribution >= 0.6 is 0 Å². The number of furan rings is 1. The standard InChI is InChI=1S/C14H17NO2/c1-11-7-13(17-14(11)8-15)10-16-9-12-5-3-2-4-6-12/h2-7H,8-10,15H2,1H3. The fourth-order valence-electron chi connectivity index (χ4n) is 1.71. The highest BCUT2D eigenvalue weighted by Gasteiger charge is 2.05. The normalized spacial score (nSPS) is 10.7. The third kappa shape index (κ3) is 3.19. The zero-order valence-electron chi connectivity index (χ0n) is 9.98. The van der Waals surface area contributed by atoms with Crippen LogP contribution in [0, 0.1) is 6.92 Å². The molecule has 2 N–H and O–H groups in total. The molecule has 0 bridgehead atoms. The summed E-state index contributed by atoms with van der Waals surface area (Å²) in [4.78, 5) is 0. The van der Waals surface area contributed by atoms with E-state index in [4.69, 9.17) is 14.9 Å². The Morgan fingerprint density at radius 3 is 2.59 bits per heavy atom. The first-order valence-electron chi connectivity index (χ1n) is 5.69. The van der Waals surface area contributed by atoms with Gasteiger partial charge in [0, 0.05) is 0 Å². The molecule has 3 nitrogen and oxygen atoms in total. The molecule has 0 spiro atoms. The van der Waals surface area contributed by atoms with Gasteiger partial charge < -0.3 is 14.9 Å². The number of ether oxygens (including phenoxy) is 1. The third-order valence-corrected chi connectivity index (χ3v) is 2.61. The van der Waals surface area contributed by atoms with Gasteiger partial charge in [-0.25, -0.2) is 0 Å². The SMILES string of the molecule is Cc1cc(COCc2ccccc2)oc1CN. The van der Waals surface area contributed by atoms with E-state index in [1.165, 1.54) is 0 Å². The van der Waals surface area contributed by atoms with Crippen molar-refractivity contribution in [1.29, 1.82) is 0 Å². The number of hydrogen-bond acceptors (Lipinski definition) is 3. The second kappa shape index (κ2) is 5.66. The second-order valence-corrected chi connectivity index (χ2v) is 4.00. The van der Waals surface area contributed by atoms with Crippen LogP contribution in [0.1, 0.15) is 22.6 Å². The molecule has 0 amide bonds. The van der Waals surface area contributed by atoms with Gasteiger partial charge in [-0.2, -0.15) is 0 Å². The fraction of sp³-hybridized carbons (Fsp3) is 0.286. The summed E-state index contributed by atoms with van der Waals surface area (Å²) in [5.41, 5.74) is 7.80. The molecule has 0 saturated carbocycles. The first-order valence-corrected chi connectivity index (χ1v) is 5.69. The Kier molecular flexibility index (Phi) is 3.96. The Hall–Kier alpha value is -1.58. The summed E-state index contributed by atoms with van der Waals surface area (Å²) >= 11 is 0. The van der Waals surface area contributed by atoms with Crippen molar-refractivity contribution < 1.29 is 9.15 Å². The molecule has 0 fully saturated rings. The minimum Gasteiger partial charge on any atom is -0.462 e. The number of hydrogen-bond donors (Lipinski definition) is 1. The Labute approximate surface area is 101 Å². The van der Waals surface area contributed by atoms with Crippen molar-refractivity contribution in [3.8, 4) is 0 Å². The van der Waals surface area contributed by atoms with Gasteiger partial charge in [-0.3, -0.25) is 0 Å². The van der Waals surface area contributed by atoms with E-state index in [1.807, 2.05) is 43.3 Å². The van der Waals surface area contributed by atoms with Gasteiger partial charge in [-0.05, 0) is 24.1 Å². The molecule has 0 aliphatic carbocycles. The quantitative estimate of drug-likeness (QED) is 0.860. The molecule has 0 saturated heterocycles. The maximum Gasteiger partial charge on any atom is 0.130 e. The van der Waals surface area contributed by atoms with Crippen LogP contribution in [-0.2, 0) is 24.5 Å². The van der Waals surface area contributed by atoms with Crippen molar-refractivity contribution in [1.82, 2.24) is 0 Å². The van der Waals surface area contributed by atoms with Gasteiger partial charge in [0.15, 0.2) is 0 Å². The summed E-state index contributed by atoms with van der Waals surface area (Å²) in [5, 5.41) is 0. The summed E-state index contributed by atoms with van der Waals surface area (Å²) in [7, 11) is 0. The lowest BCUT2D eigenvalue weighted by Gasteiger charge is -2.01. The molecular weight excluding hydrogens is 214 g/mol. The Morgan fingerprint density at radius 2 is 1.94 bits per heavy atom. The number of rotatable bonds is 5. The second-order valence-electron chi connectivity index (χ2n) is 4.00. The van der Waals surface area contributed by atoms with Gasteiger partial charge in [0.2, 0.25) is 0 Å². The summed E-state index contributed by atoms with van der Waals surface area (Å²) in [6.07, 6.45) is 0. The van der Waals surface area contributed by atoms with Gasteiger partial charge >= 0.3 is 0 Å². The van der Waals surface area contributed by atoms with Gasteiger partial charge in [0.25, 0.3) is 0 Å². The number of benzene rings is 1. The van der Waals surface area contributed by atoms with E-state index in [0.29, 0.717) is 19.8 Å². The molecule has 2 rings (SSSR count). The van der Waals surface area contributed by atoms with Crippen LogP contribution in [0.2, 0.25) is 0 Å². The van der Waals surface area contributed by atoms with Crippen molar-refractivity contribution >= 4 is 0 Å². The molecule has 1 aromatic heterocycles. The van der Waals surface area contributed by atoms with E-state index in [2.05, 4.69) is 0 Å². The Balaban J connectivity index is 1.86. The van der Waals surface area contributed by atoms with Crippen molar-refractivity contribution in [2.75, 3.05) is 0 Å². The van der Waals surface area contributed by atoms with Crippen LogP contribution in [0.5, 0.6) is 0 Å². The minimum atomic E-state index is 0.435. The first-order chi connectivity index (χ1) is 8.29. The van der Waals surface area contributed by atoms with Gasteiger partial charge in [0.1, 0.15) is 18.1 Å². The highest BCUT2D eigenvalue weighted by molar-refractivity contribution is 5.19. The fourth-order valence-corrected chi connectivity index (χ4v) is 1.71. The molecule has 0 unspecified atom stereocenters. The average Bonchev–Trinajstić information content (AvgIpc) is 2.71. The van der Waals surface area contributed by atoms with E-state index >= 15 is 0 Å². The third-order valence-electron chi connectivity index (χ3n) is 2.61. The Morgan fingerprint density at radius 1 is 1.18 bits per heavy atom. The predicted octanol–water partition coefficient (Wildman–Crippen LogP) is 2.76. The lowest BCUT2D eigenvalue weighted by atomic mass is 10.2. The lowest BCUT2D eigenvalue weighted by Crippen LogP contribution is -1.95. The highest BCUT2D eigenvalue weighted by atomic mass is 16.5. The van der Waals surface area contributed by atoms with E-state index in [-0.39, 0.29) is 0 Å². The lowest BCUT2D eigenvalue weighted by molar-refractivity contribution is 0.0921. The van der Waals surface area contributed by atoms with E-state index in [1.54, 1.807) is 0 Å². The van der Waals surface area contributed by atoms with Crippen LogP contribution in [-0.4, -0.2) is 0 Å². The summed E-state index contributed by atoms with van der Waals surface area (Å²) in [6, 6.07) is 12.1. The van der Waals surface area contributed by atoms with Crippen molar-refractivity contribution in [2.24, 2.45) is 5.73 Å². The van der Waals surface area contributed by atoms with Crippen LogP contribution in [0.4, 0.5) is 0 Å². The predicted molar refractivity (Wildman–Crippen MR) is 66.3 cm³/mol. The molecule has 1 aromatic carbocycles. The largest absolute Gasteiger partial charge is 0.462 e. The van der Waals surface area contributed by atoms with E-state index in [0.717, 1.165) is 22.6 Å². The minimum absolute atomic E-state index is 0.435. The van der Waals surface area contributed by atoms with Crippen LogP contribution in [0.25, 0.3) is 0 Å². The molecule has 90 valence electrons. The van der Waals surface area contributed by atoms with Gasteiger partial charge in [-0.15, -0.1) is 0 Å². The molecule has 1 heterocycles. The summed E-state index contributed by atoms with van der Waals surface area (Å²) in [5.74, 6) is 1.67. The zero-order valence-corrected chi connectivity index (χ0v) is 9.98. The maximum atomic E-state index is 5.58. The highest BCUT2D eigenvalue weighted by Crippen LogP contribution is 2.15. The van der Waals surface area contributed by atoms with Gasteiger partial charge in [-0.1, -0.05) is 30.3 Å². The smallest absolute Gasteiger partial charge is 0.130 e. The van der Waals surface area contributed by atoms with Crippen LogP contribution in [0.15, 0.2) is 40.8 Å². The van der Waals surface area contributed by atoms with E-state index < -0.39 is 0 Å². The molecule has 0 aliphatic rings. The van der Waals surface area contributed by atoms with Crippen LogP contribution < -0.4 is 5.73 Å². The first kappa shape index (κ1) is 11.9.